The van der Waals surface area contributed by atoms with E-state index in [1.54, 1.807) is 22.5 Å². The van der Waals surface area contributed by atoms with E-state index in [1.165, 1.54) is 0 Å². The van der Waals surface area contributed by atoms with Gasteiger partial charge in [-0.25, -0.2) is 8.42 Å². The molecule has 156 valence electrons. The van der Waals surface area contributed by atoms with Crippen molar-refractivity contribution in [2.45, 2.75) is 44.2 Å². The zero-order valence-electron chi connectivity index (χ0n) is 17.1. The van der Waals surface area contributed by atoms with Crippen molar-refractivity contribution in [2.75, 3.05) is 26.2 Å². The van der Waals surface area contributed by atoms with Crippen LogP contribution >= 0.6 is 0 Å². The Morgan fingerprint density at radius 2 is 1.83 bits per heavy atom. The third-order valence-electron chi connectivity index (χ3n) is 6.07. The Balaban J connectivity index is 1.56. The second kappa shape index (κ2) is 8.05. The molecule has 2 aliphatic heterocycles. The van der Waals surface area contributed by atoms with Crippen LogP contribution in [0.2, 0.25) is 0 Å². The average Bonchev–Trinajstić information content (AvgIpc) is 2.72. The van der Waals surface area contributed by atoms with E-state index in [4.69, 9.17) is 4.74 Å². The maximum atomic E-state index is 13.4. The lowest BCUT2D eigenvalue weighted by Gasteiger charge is -2.45. The van der Waals surface area contributed by atoms with Crippen molar-refractivity contribution in [3.63, 3.8) is 0 Å². The van der Waals surface area contributed by atoms with Crippen molar-refractivity contribution in [2.24, 2.45) is 5.41 Å². The summed E-state index contributed by atoms with van der Waals surface area (Å²) < 4.78 is 34.5. The summed E-state index contributed by atoms with van der Waals surface area (Å²) in [5.74, 6) is 0.466. The van der Waals surface area contributed by atoms with E-state index in [-0.39, 0.29) is 16.4 Å². The van der Waals surface area contributed by atoms with Crippen molar-refractivity contribution in [1.82, 2.24) is 14.2 Å². The van der Waals surface area contributed by atoms with E-state index < -0.39 is 10.0 Å². The van der Waals surface area contributed by atoms with Gasteiger partial charge in [0, 0.05) is 30.7 Å². The second-order valence-electron chi connectivity index (χ2n) is 8.48. The molecular weight excluding hydrogens is 386 g/mol. The van der Waals surface area contributed by atoms with Gasteiger partial charge in [0.1, 0.15) is 10.6 Å². The van der Waals surface area contributed by atoms with E-state index in [1.807, 2.05) is 44.3 Å². The highest BCUT2D eigenvalue weighted by Gasteiger charge is 2.43. The van der Waals surface area contributed by atoms with E-state index in [0.717, 1.165) is 38.2 Å². The molecule has 0 aliphatic carbocycles. The van der Waals surface area contributed by atoms with Gasteiger partial charge < -0.3 is 4.74 Å². The number of benzene rings is 1. The molecule has 0 amide bonds. The predicted molar refractivity (Wildman–Crippen MR) is 112 cm³/mol. The molecule has 1 aromatic heterocycles. The molecule has 0 unspecified atom stereocenters. The molecule has 0 N–H and O–H groups in total. The summed E-state index contributed by atoms with van der Waals surface area (Å²) >= 11 is 0. The maximum absolute atomic E-state index is 13.4. The normalized spacial score (nSPS) is 21.9. The van der Waals surface area contributed by atoms with Gasteiger partial charge in [-0.1, -0.05) is 18.2 Å². The van der Waals surface area contributed by atoms with Crippen LogP contribution in [0.25, 0.3) is 0 Å². The van der Waals surface area contributed by atoms with Gasteiger partial charge in [-0.3, -0.25) is 9.88 Å². The molecule has 3 heterocycles. The van der Waals surface area contributed by atoms with Crippen LogP contribution in [0.4, 0.5) is 0 Å². The van der Waals surface area contributed by atoms with Crippen LogP contribution < -0.4 is 4.74 Å². The SMILES string of the molecule is CC(C)N1CC2(CCN(Cc3ccccn3)CC2)COc2ccccc2S1(=O)=O. The third kappa shape index (κ3) is 4.17. The number of fused-ring (bicyclic) bond motifs is 1. The first-order valence-electron chi connectivity index (χ1n) is 10.3. The lowest BCUT2D eigenvalue weighted by atomic mass is 9.78. The molecule has 2 aliphatic rings. The fourth-order valence-corrected chi connectivity index (χ4v) is 6.15. The minimum absolute atomic E-state index is 0.102. The summed E-state index contributed by atoms with van der Waals surface area (Å²) in [6.45, 7) is 7.59. The fraction of sp³-hybridized carbons (Fsp3) is 0.500. The van der Waals surface area contributed by atoms with Gasteiger partial charge in [-0.15, -0.1) is 0 Å². The van der Waals surface area contributed by atoms with Crippen molar-refractivity contribution in [3.05, 3.63) is 54.4 Å². The van der Waals surface area contributed by atoms with Crippen LogP contribution in [0.5, 0.6) is 5.75 Å². The second-order valence-corrected chi connectivity index (χ2v) is 10.3. The highest BCUT2D eigenvalue weighted by molar-refractivity contribution is 7.89. The number of likely N-dealkylation sites (tertiary alicyclic amines) is 1. The molecule has 1 spiro atoms. The Labute approximate surface area is 173 Å². The third-order valence-corrected chi connectivity index (χ3v) is 8.13. The predicted octanol–water partition coefficient (Wildman–Crippen LogP) is 3.16. The number of ether oxygens (including phenoxy) is 1. The van der Waals surface area contributed by atoms with Gasteiger partial charge >= 0.3 is 0 Å². The zero-order chi connectivity index (χ0) is 20.5. The highest BCUT2D eigenvalue weighted by atomic mass is 32.2. The molecule has 1 saturated heterocycles. The maximum Gasteiger partial charge on any atom is 0.247 e. The van der Waals surface area contributed by atoms with Crippen molar-refractivity contribution < 1.29 is 13.2 Å². The summed E-state index contributed by atoms with van der Waals surface area (Å²) in [6, 6.07) is 12.9. The number of piperidine rings is 1. The van der Waals surface area contributed by atoms with Crippen LogP contribution in [0.15, 0.2) is 53.6 Å². The first-order valence-corrected chi connectivity index (χ1v) is 11.7. The number of pyridine rings is 1. The molecule has 0 bridgehead atoms. The quantitative estimate of drug-likeness (QED) is 0.771. The molecule has 1 fully saturated rings. The molecule has 7 heteroatoms. The van der Waals surface area contributed by atoms with Crippen molar-refractivity contribution in [1.29, 1.82) is 0 Å². The lowest BCUT2D eigenvalue weighted by molar-refractivity contribution is 0.0279. The highest BCUT2D eigenvalue weighted by Crippen LogP contribution is 2.40. The minimum atomic E-state index is -3.59. The summed E-state index contributed by atoms with van der Waals surface area (Å²) in [6.07, 6.45) is 3.63. The van der Waals surface area contributed by atoms with Crippen LogP contribution in [0, 0.1) is 5.41 Å². The monoisotopic (exact) mass is 415 g/mol. The van der Waals surface area contributed by atoms with Gasteiger partial charge in [0.25, 0.3) is 0 Å². The number of sulfonamides is 1. The molecular formula is C22H29N3O3S. The standard InChI is InChI=1S/C22H29N3O3S/c1-18(2)25-16-22(17-28-20-8-3-4-9-21(20)29(25,26)27)10-13-24(14-11-22)15-19-7-5-6-12-23-19/h3-9,12,18H,10-11,13-17H2,1-2H3. The van der Waals surface area contributed by atoms with Crippen LogP contribution in [-0.2, 0) is 16.6 Å². The lowest BCUT2D eigenvalue weighted by Crippen LogP contribution is -2.53. The minimum Gasteiger partial charge on any atom is -0.492 e. The molecule has 6 nitrogen and oxygen atoms in total. The zero-order valence-corrected chi connectivity index (χ0v) is 17.9. The molecule has 29 heavy (non-hydrogen) atoms. The number of aromatic nitrogens is 1. The van der Waals surface area contributed by atoms with Gasteiger partial charge in [0.05, 0.1) is 12.3 Å². The Bertz CT molecular complexity index is 939. The first kappa shape index (κ1) is 20.3. The Morgan fingerprint density at radius 1 is 1.10 bits per heavy atom. The largest absolute Gasteiger partial charge is 0.492 e. The molecule has 4 rings (SSSR count). The molecule has 2 aromatic rings. The van der Waals surface area contributed by atoms with E-state index >= 15 is 0 Å². The van der Waals surface area contributed by atoms with E-state index in [2.05, 4.69) is 9.88 Å². The smallest absolute Gasteiger partial charge is 0.247 e. The number of rotatable bonds is 3. The van der Waals surface area contributed by atoms with Crippen LogP contribution in [0.3, 0.4) is 0 Å². The topological polar surface area (TPSA) is 62.7 Å². The number of hydrogen-bond acceptors (Lipinski definition) is 5. The molecule has 0 saturated carbocycles. The Morgan fingerprint density at radius 3 is 2.52 bits per heavy atom. The summed E-state index contributed by atoms with van der Waals surface area (Å²) in [5, 5.41) is 0. The van der Waals surface area contributed by atoms with Gasteiger partial charge in [0.15, 0.2) is 0 Å². The van der Waals surface area contributed by atoms with Gasteiger partial charge in [-0.2, -0.15) is 4.31 Å². The number of hydrogen-bond donors (Lipinski definition) is 0. The molecule has 0 atom stereocenters. The van der Waals surface area contributed by atoms with Crippen LogP contribution in [-0.4, -0.2) is 54.9 Å². The van der Waals surface area contributed by atoms with Crippen molar-refractivity contribution in [3.8, 4) is 5.75 Å². The van der Waals surface area contributed by atoms with Crippen LogP contribution in [0.1, 0.15) is 32.4 Å². The Kier molecular flexibility index (Phi) is 5.64. The summed E-state index contributed by atoms with van der Waals surface area (Å²) in [7, 11) is -3.59. The first-order chi connectivity index (χ1) is 13.9. The van der Waals surface area contributed by atoms with E-state index in [0.29, 0.717) is 18.9 Å². The summed E-state index contributed by atoms with van der Waals surface area (Å²) in [5.41, 5.74) is 0.892. The molecule has 0 radical (unpaired) electrons. The fourth-order valence-electron chi connectivity index (χ4n) is 4.27. The van der Waals surface area contributed by atoms with Crippen molar-refractivity contribution >= 4 is 10.0 Å². The van der Waals surface area contributed by atoms with Gasteiger partial charge in [-0.05, 0) is 64.0 Å². The summed E-state index contributed by atoms with van der Waals surface area (Å²) in [4.78, 5) is 7.10. The molecule has 1 aromatic carbocycles. The van der Waals surface area contributed by atoms with Gasteiger partial charge in [0.2, 0.25) is 10.0 Å². The van der Waals surface area contributed by atoms with E-state index in [9.17, 15) is 8.42 Å². The Hall–Kier alpha value is -1.96. The average molecular weight is 416 g/mol. The number of para-hydroxylation sites is 1. The number of nitrogens with zero attached hydrogens (tertiary/aromatic N) is 3.